The molecule has 0 spiro atoms. The van der Waals surface area contributed by atoms with Crippen molar-refractivity contribution in [3.63, 3.8) is 0 Å². The summed E-state index contributed by atoms with van der Waals surface area (Å²) in [5.41, 5.74) is 2.69. The molecule has 7 rings (SSSR count). The van der Waals surface area contributed by atoms with E-state index in [0.717, 1.165) is 16.7 Å². The minimum absolute atomic E-state index is 0.0542. The molecule has 10 heteroatoms. The van der Waals surface area contributed by atoms with Crippen LogP contribution in [-0.4, -0.2) is 55.5 Å². The first kappa shape index (κ1) is 29.8. The molecule has 46 heavy (non-hydrogen) atoms. The van der Waals surface area contributed by atoms with E-state index in [2.05, 4.69) is 15.0 Å². The van der Waals surface area contributed by atoms with Crippen molar-refractivity contribution in [3.05, 3.63) is 161 Å². The summed E-state index contributed by atoms with van der Waals surface area (Å²) in [6.07, 6.45) is -1.53. The smallest absolute Gasteiger partial charge is 0.338 e. The summed E-state index contributed by atoms with van der Waals surface area (Å²) in [6, 6.07) is 38.4. The number of ether oxygens (including phenoxy) is 3. The summed E-state index contributed by atoms with van der Waals surface area (Å²) >= 11 is 6.26. The van der Waals surface area contributed by atoms with E-state index in [4.69, 9.17) is 25.8 Å². The number of fused-ring (bicyclic) bond motifs is 1. The lowest BCUT2D eigenvalue weighted by molar-refractivity contribution is -0.0960. The number of carbonyl (C=O) groups excluding carboxylic acids is 1. The van der Waals surface area contributed by atoms with Crippen LogP contribution in [0.4, 0.5) is 0 Å². The van der Waals surface area contributed by atoms with Crippen molar-refractivity contribution in [2.75, 3.05) is 6.61 Å². The molecule has 1 aliphatic rings. The first-order valence-electron chi connectivity index (χ1n) is 14.8. The average Bonchev–Trinajstić information content (AvgIpc) is 3.68. The van der Waals surface area contributed by atoms with Crippen molar-refractivity contribution in [2.45, 2.75) is 30.1 Å². The third-order valence-corrected chi connectivity index (χ3v) is 8.43. The largest absolute Gasteiger partial charge is 0.453 e. The highest BCUT2D eigenvalue weighted by Crippen LogP contribution is 2.42. The zero-order valence-electron chi connectivity index (χ0n) is 24.5. The molecular weight excluding hydrogens is 604 g/mol. The van der Waals surface area contributed by atoms with Crippen molar-refractivity contribution < 1.29 is 24.1 Å². The van der Waals surface area contributed by atoms with E-state index in [9.17, 15) is 9.90 Å². The van der Waals surface area contributed by atoms with Gasteiger partial charge in [0.15, 0.2) is 23.1 Å². The monoisotopic (exact) mass is 632 g/mol. The quantitative estimate of drug-likeness (QED) is 0.118. The molecule has 9 nitrogen and oxygen atoms in total. The summed E-state index contributed by atoms with van der Waals surface area (Å²) in [4.78, 5) is 26.0. The van der Waals surface area contributed by atoms with Gasteiger partial charge in [-0.25, -0.2) is 19.7 Å². The number of aliphatic hydroxyl groups excluding tert-OH is 1. The average molecular weight is 633 g/mol. The van der Waals surface area contributed by atoms with E-state index >= 15 is 0 Å². The minimum Gasteiger partial charge on any atom is -0.453 e. The van der Waals surface area contributed by atoms with Crippen molar-refractivity contribution in [2.24, 2.45) is 0 Å². The summed E-state index contributed by atoms with van der Waals surface area (Å²) in [7, 11) is 0. The molecule has 0 saturated carbocycles. The van der Waals surface area contributed by atoms with E-state index < -0.39 is 36.1 Å². The van der Waals surface area contributed by atoms with Crippen LogP contribution in [0.25, 0.3) is 11.2 Å². The fraction of sp³-hybridized carbons (Fsp3) is 0.167. The van der Waals surface area contributed by atoms with Gasteiger partial charge < -0.3 is 19.3 Å². The Morgan fingerprint density at radius 3 is 1.91 bits per heavy atom. The summed E-state index contributed by atoms with van der Waals surface area (Å²) in [6.45, 7) is -0.0542. The Labute approximate surface area is 270 Å². The van der Waals surface area contributed by atoms with Crippen LogP contribution in [0.5, 0.6) is 0 Å². The topological polar surface area (TPSA) is 109 Å². The number of hydrogen-bond acceptors (Lipinski definition) is 8. The van der Waals surface area contributed by atoms with E-state index in [0.29, 0.717) is 16.7 Å². The second-order valence-corrected chi connectivity index (χ2v) is 11.2. The summed E-state index contributed by atoms with van der Waals surface area (Å²) in [5, 5.41) is 11.9. The molecule has 4 aromatic carbocycles. The molecule has 0 radical (unpaired) electrons. The molecule has 4 atom stereocenters. The Balaban J connectivity index is 1.29. The van der Waals surface area contributed by atoms with Crippen molar-refractivity contribution in [1.29, 1.82) is 0 Å². The van der Waals surface area contributed by atoms with Gasteiger partial charge in [-0.15, -0.1) is 0 Å². The first-order valence-corrected chi connectivity index (χ1v) is 15.2. The van der Waals surface area contributed by atoms with Gasteiger partial charge in [0.05, 0.1) is 18.5 Å². The zero-order chi connectivity index (χ0) is 31.5. The predicted octanol–water partition coefficient (Wildman–Crippen LogP) is 5.97. The van der Waals surface area contributed by atoms with Crippen LogP contribution in [-0.2, 0) is 19.8 Å². The number of rotatable bonds is 9. The highest BCUT2D eigenvalue weighted by atomic mass is 35.5. The van der Waals surface area contributed by atoms with Gasteiger partial charge in [-0.3, -0.25) is 4.57 Å². The van der Waals surface area contributed by atoms with Crippen molar-refractivity contribution in [1.82, 2.24) is 19.5 Å². The van der Waals surface area contributed by atoms with Crippen molar-refractivity contribution >= 4 is 28.7 Å². The lowest BCUT2D eigenvalue weighted by atomic mass is 9.80. The number of hydrogen-bond donors (Lipinski definition) is 1. The van der Waals surface area contributed by atoms with Crippen molar-refractivity contribution in [3.8, 4) is 0 Å². The fourth-order valence-corrected chi connectivity index (χ4v) is 6.16. The third-order valence-electron chi connectivity index (χ3n) is 8.16. The van der Waals surface area contributed by atoms with E-state index in [1.54, 1.807) is 28.8 Å². The Bertz CT molecular complexity index is 1830. The Morgan fingerprint density at radius 2 is 1.35 bits per heavy atom. The molecule has 2 aromatic heterocycles. The lowest BCUT2D eigenvalue weighted by Gasteiger charge is -2.37. The number of benzene rings is 4. The maximum Gasteiger partial charge on any atom is 0.338 e. The molecule has 230 valence electrons. The lowest BCUT2D eigenvalue weighted by Crippen LogP contribution is -2.41. The van der Waals surface area contributed by atoms with Gasteiger partial charge in [0.1, 0.15) is 29.7 Å². The number of aliphatic hydroxyl groups is 1. The van der Waals surface area contributed by atoms with Crippen LogP contribution >= 0.6 is 11.6 Å². The molecule has 1 fully saturated rings. The normalized spacial score (nSPS) is 19.7. The van der Waals surface area contributed by atoms with Crippen LogP contribution in [0.15, 0.2) is 134 Å². The van der Waals surface area contributed by atoms with Gasteiger partial charge in [-0.2, -0.15) is 0 Å². The summed E-state index contributed by atoms with van der Waals surface area (Å²) in [5.74, 6) is -0.597. The van der Waals surface area contributed by atoms with E-state index in [-0.39, 0.29) is 11.8 Å². The predicted molar refractivity (Wildman–Crippen MR) is 171 cm³/mol. The molecule has 0 bridgehead atoms. The molecule has 6 aromatic rings. The van der Waals surface area contributed by atoms with Gasteiger partial charge >= 0.3 is 5.97 Å². The highest BCUT2D eigenvalue weighted by Gasteiger charge is 2.49. The second kappa shape index (κ2) is 12.8. The highest BCUT2D eigenvalue weighted by molar-refractivity contribution is 6.33. The zero-order valence-corrected chi connectivity index (χ0v) is 25.2. The van der Waals surface area contributed by atoms with Crippen LogP contribution in [0.3, 0.4) is 0 Å². The van der Waals surface area contributed by atoms with E-state index in [1.807, 2.05) is 97.1 Å². The fourth-order valence-electron chi connectivity index (χ4n) is 5.98. The first-order chi connectivity index (χ1) is 22.6. The molecule has 1 saturated heterocycles. The number of imidazole rings is 1. The Morgan fingerprint density at radius 1 is 0.804 bits per heavy atom. The van der Waals surface area contributed by atoms with Gasteiger partial charge in [-0.1, -0.05) is 121 Å². The van der Waals surface area contributed by atoms with Crippen LogP contribution in [0, 0.1) is 0 Å². The minimum atomic E-state index is -1.30. The third kappa shape index (κ3) is 5.44. The molecule has 1 aliphatic heterocycles. The molecular formula is C36H29ClN4O5. The molecule has 1 N–H and O–H groups in total. The van der Waals surface area contributed by atoms with Crippen LogP contribution in [0.1, 0.15) is 33.3 Å². The number of esters is 1. The Hall–Kier alpha value is -4.93. The van der Waals surface area contributed by atoms with Crippen LogP contribution in [0.2, 0.25) is 5.15 Å². The number of nitrogens with zero attached hydrogens (tertiary/aromatic N) is 4. The maximum atomic E-state index is 13.3. The standard InChI is InChI=1S/C36H29ClN4O5/c37-32-29-33(39-22-38-32)41(23-40-29)34-30(42)31(46-35(43)24-13-5-1-6-14-24)28(45-34)21-44-36(25-15-7-2-8-16-25,26-17-9-3-10-18-26)27-19-11-4-12-20-27/h1-20,22-23,28,30-31,34,42H,21H2/t28-,30-,31-,34-/m1/s1. The Kier molecular flexibility index (Phi) is 8.30. The van der Waals surface area contributed by atoms with Crippen LogP contribution < -0.4 is 0 Å². The van der Waals surface area contributed by atoms with Gasteiger partial charge in [-0.05, 0) is 28.8 Å². The van der Waals surface area contributed by atoms with E-state index in [1.165, 1.54) is 12.7 Å². The number of aromatic nitrogens is 4. The van der Waals surface area contributed by atoms with Gasteiger partial charge in [0.25, 0.3) is 0 Å². The molecule has 3 heterocycles. The van der Waals surface area contributed by atoms with Gasteiger partial charge in [0, 0.05) is 0 Å². The second-order valence-electron chi connectivity index (χ2n) is 10.9. The number of halogens is 1. The molecule has 0 amide bonds. The van der Waals surface area contributed by atoms with Gasteiger partial charge in [0.2, 0.25) is 0 Å². The molecule has 0 unspecified atom stereocenters. The maximum absolute atomic E-state index is 13.3. The SMILES string of the molecule is O=C(O[C@H]1[C@@H](O)[C@H](n2cnc3c(Cl)ncnc32)O[C@@H]1COC(c1ccccc1)(c1ccccc1)c1ccccc1)c1ccccc1. The molecule has 0 aliphatic carbocycles. The number of carbonyl (C=O) groups is 1. The summed E-state index contributed by atoms with van der Waals surface area (Å²) < 4.78 is 21.0.